The lowest BCUT2D eigenvalue weighted by Crippen LogP contribution is -2.18. The number of halogens is 4. The van der Waals surface area contributed by atoms with Gasteiger partial charge in [-0.2, -0.15) is 0 Å². The predicted molar refractivity (Wildman–Crippen MR) is 60.6 cm³/mol. The normalized spacial score (nSPS) is 13.3. The minimum atomic E-state index is -4.76. The highest BCUT2D eigenvalue weighted by atomic mass is 79.9. The molecule has 0 aromatic heterocycles. The van der Waals surface area contributed by atoms with Crippen molar-refractivity contribution in [1.29, 1.82) is 0 Å². The van der Waals surface area contributed by atoms with Crippen LogP contribution in [0.15, 0.2) is 18.2 Å². The van der Waals surface area contributed by atoms with Crippen LogP contribution in [0.3, 0.4) is 0 Å². The molecular weight excluding hydrogens is 301 g/mol. The molecule has 0 fully saturated rings. The van der Waals surface area contributed by atoms with Gasteiger partial charge in [-0.05, 0) is 37.6 Å². The van der Waals surface area contributed by atoms with Crippen LogP contribution in [0.25, 0.3) is 0 Å². The van der Waals surface area contributed by atoms with Gasteiger partial charge in [0.25, 0.3) is 0 Å². The van der Waals surface area contributed by atoms with Crippen molar-refractivity contribution in [3.63, 3.8) is 0 Å². The first-order valence-corrected chi connectivity index (χ1v) is 5.66. The van der Waals surface area contributed by atoms with E-state index in [0.717, 1.165) is 6.07 Å². The number of carbonyl (C=O) groups is 1. The van der Waals surface area contributed by atoms with Gasteiger partial charge in [0.2, 0.25) is 0 Å². The maximum atomic E-state index is 12.0. The summed E-state index contributed by atoms with van der Waals surface area (Å²) in [4.78, 5) is 11.2. The van der Waals surface area contributed by atoms with Gasteiger partial charge in [-0.25, -0.2) is 0 Å². The number of benzene rings is 1. The summed E-state index contributed by atoms with van der Waals surface area (Å²) in [6, 6.07) is 3.83. The quantitative estimate of drug-likeness (QED) is 0.626. The predicted octanol–water partition coefficient (Wildman–Crippen LogP) is 3.86. The van der Waals surface area contributed by atoms with Crippen LogP contribution in [0.5, 0.6) is 5.75 Å². The van der Waals surface area contributed by atoms with Crippen LogP contribution in [0.2, 0.25) is 0 Å². The standard InChI is InChI=1S/C11H10BrF3O2/c1-6-3-8(10(16)7(2)12)5-9(4-6)17-11(13,14)15/h3-5,7H,1-2H3. The summed E-state index contributed by atoms with van der Waals surface area (Å²) >= 11 is 3.07. The summed E-state index contributed by atoms with van der Waals surface area (Å²) in [5.74, 6) is -0.672. The number of rotatable bonds is 3. The zero-order valence-electron chi connectivity index (χ0n) is 9.14. The van der Waals surface area contributed by atoms with Crippen LogP contribution < -0.4 is 4.74 Å². The second kappa shape index (κ2) is 5.08. The van der Waals surface area contributed by atoms with Crippen molar-refractivity contribution in [2.75, 3.05) is 0 Å². The molecule has 0 heterocycles. The van der Waals surface area contributed by atoms with E-state index in [0.29, 0.717) is 5.56 Å². The summed E-state index contributed by atoms with van der Waals surface area (Å²) in [6.45, 7) is 3.20. The maximum Gasteiger partial charge on any atom is 0.573 e. The molecule has 2 nitrogen and oxygen atoms in total. The van der Waals surface area contributed by atoms with Crippen molar-refractivity contribution >= 4 is 21.7 Å². The lowest BCUT2D eigenvalue weighted by molar-refractivity contribution is -0.274. The van der Waals surface area contributed by atoms with Crippen molar-refractivity contribution < 1.29 is 22.7 Å². The van der Waals surface area contributed by atoms with Crippen LogP contribution in [0.1, 0.15) is 22.8 Å². The van der Waals surface area contributed by atoms with Gasteiger partial charge in [0.15, 0.2) is 5.78 Å². The first kappa shape index (κ1) is 14.0. The van der Waals surface area contributed by atoms with Crippen LogP contribution in [0, 0.1) is 6.92 Å². The summed E-state index contributed by atoms with van der Waals surface area (Å²) in [5.41, 5.74) is 0.719. The average molecular weight is 311 g/mol. The van der Waals surface area contributed by atoms with Gasteiger partial charge >= 0.3 is 6.36 Å². The van der Waals surface area contributed by atoms with Crippen molar-refractivity contribution in [3.8, 4) is 5.75 Å². The monoisotopic (exact) mass is 310 g/mol. The molecule has 0 aliphatic carbocycles. The molecule has 0 bridgehead atoms. The summed E-state index contributed by atoms with van der Waals surface area (Å²) in [7, 11) is 0. The molecular formula is C11H10BrF3O2. The highest BCUT2D eigenvalue weighted by Gasteiger charge is 2.31. The first-order chi connectivity index (χ1) is 7.69. The van der Waals surface area contributed by atoms with Crippen molar-refractivity contribution in [3.05, 3.63) is 29.3 Å². The zero-order valence-corrected chi connectivity index (χ0v) is 10.7. The third-order valence-corrected chi connectivity index (χ3v) is 2.35. The van der Waals surface area contributed by atoms with Gasteiger partial charge in [-0.1, -0.05) is 15.9 Å². The maximum absolute atomic E-state index is 12.0. The second-order valence-electron chi connectivity index (χ2n) is 3.56. The molecule has 1 unspecified atom stereocenters. The molecule has 0 aliphatic rings. The Balaban J connectivity index is 3.07. The average Bonchev–Trinajstić information content (AvgIpc) is 2.12. The minimum Gasteiger partial charge on any atom is -0.406 e. The number of ether oxygens (including phenoxy) is 1. The van der Waals surface area contributed by atoms with E-state index in [1.54, 1.807) is 13.8 Å². The number of Topliss-reactive ketones (excluding diaryl/α,β-unsaturated/α-hetero) is 1. The molecule has 0 saturated carbocycles. The van der Waals surface area contributed by atoms with Gasteiger partial charge in [0.05, 0.1) is 4.83 Å². The van der Waals surface area contributed by atoms with Gasteiger partial charge in [-0.15, -0.1) is 13.2 Å². The third kappa shape index (κ3) is 4.38. The minimum absolute atomic E-state index is 0.189. The fourth-order valence-electron chi connectivity index (χ4n) is 1.31. The molecule has 0 radical (unpaired) electrons. The molecule has 1 rings (SSSR count). The molecule has 1 atom stereocenters. The molecule has 0 amide bonds. The number of carbonyl (C=O) groups excluding carboxylic acids is 1. The van der Waals surface area contributed by atoms with Crippen LogP contribution in [0.4, 0.5) is 13.2 Å². The number of aryl methyl sites for hydroxylation is 1. The molecule has 0 spiro atoms. The Labute approximate surface area is 105 Å². The highest BCUT2D eigenvalue weighted by Crippen LogP contribution is 2.25. The largest absolute Gasteiger partial charge is 0.573 e. The number of alkyl halides is 4. The zero-order chi connectivity index (χ0) is 13.2. The van der Waals surface area contributed by atoms with E-state index in [1.165, 1.54) is 12.1 Å². The number of hydrogen-bond acceptors (Lipinski definition) is 2. The lowest BCUT2D eigenvalue weighted by Gasteiger charge is -2.11. The lowest BCUT2D eigenvalue weighted by atomic mass is 10.1. The number of hydrogen-bond donors (Lipinski definition) is 0. The molecule has 94 valence electrons. The molecule has 6 heteroatoms. The summed E-state index contributed by atoms with van der Waals surface area (Å²) in [6.07, 6.45) is -4.76. The number of ketones is 1. The fraction of sp³-hybridized carbons (Fsp3) is 0.364. The Morgan fingerprint density at radius 3 is 2.41 bits per heavy atom. The van der Waals surface area contributed by atoms with Gasteiger partial charge in [0, 0.05) is 5.56 Å². The van der Waals surface area contributed by atoms with Gasteiger partial charge in [0.1, 0.15) is 5.75 Å². The van der Waals surface area contributed by atoms with E-state index in [1.807, 2.05) is 0 Å². The van der Waals surface area contributed by atoms with Gasteiger partial charge < -0.3 is 4.74 Å². The molecule has 1 aromatic carbocycles. The Kier molecular flexibility index (Phi) is 4.19. The topological polar surface area (TPSA) is 26.3 Å². The molecule has 17 heavy (non-hydrogen) atoms. The third-order valence-electron chi connectivity index (χ3n) is 1.93. The SMILES string of the molecule is Cc1cc(OC(F)(F)F)cc(C(=O)C(C)Br)c1. The van der Waals surface area contributed by atoms with E-state index in [2.05, 4.69) is 20.7 Å². The molecule has 0 saturated heterocycles. The van der Waals surface area contributed by atoms with Crippen LogP contribution in [-0.4, -0.2) is 17.0 Å². The van der Waals surface area contributed by atoms with E-state index < -0.39 is 11.2 Å². The van der Waals surface area contributed by atoms with Gasteiger partial charge in [-0.3, -0.25) is 4.79 Å². The van der Waals surface area contributed by atoms with Crippen LogP contribution in [-0.2, 0) is 0 Å². The fourth-order valence-corrected chi connectivity index (χ4v) is 1.58. The second-order valence-corrected chi connectivity index (χ2v) is 4.94. The Bertz CT molecular complexity index is 427. The molecule has 1 aromatic rings. The summed E-state index contributed by atoms with van der Waals surface area (Å²) in [5, 5.41) is 0. The van der Waals surface area contributed by atoms with E-state index in [4.69, 9.17) is 0 Å². The Hall–Kier alpha value is -1.04. The first-order valence-electron chi connectivity index (χ1n) is 4.75. The van der Waals surface area contributed by atoms with Crippen molar-refractivity contribution in [1.82, 2.24) is 0 Å². The Morgan fingerprint density at radius 1 is 1.35 bits per heavy atom. The van der Waals surface area contributed by atoms with Crippen molar-refractivity contribution in [2.45, 2.75) is 25.0 Å². The Morgan fingerprint density at radius 2 is 1.94 bits per heavy atom. The van der Waals surface area contributed by atoms with E-state index >= 15 is 0 Å². The van der Waals surface area contributed by atoms with E-state index in [9.17, 15) is 18.0 Å². The smallest absolute Gasteiger partial charge is 0.406 e. The van der Waals surface area contributed by atoms with Crippen LogP contribution >= 0.6 is 15.9 Å². The molecule has 0 aliphatic heterocycles. The highest BCUT2D eigenvalue weighted by molar-refractivity contribution is 9.10. The molecule has 0 N–H and O–H groups in total. The summed E-state index contributed by atoms with van der Waals surface area (Å²) < 4.78 is 39.9. The van der Waals surface area contributed by atoms with Crippen molar-refractivity contribution in [2.24, 2.45) is 0 Å². The van der Waals surface area contributed by atoms with E-state index in [-0.39, 0.29) is 17.1 Å².